The molecule has 0 radical (unpaired) electrons. The molecule has 0 spiro atoms. The van der Waals surface area contributed by atoms with E-state index in [4.69, 9.17) is 16.6 Å². The fourth-order valence-corrected chi connectivity index (χ4v) is 5.84. The average Bonchev–Trinajstić information content (AvgIpc) is 2.96. The summed E-state index contributed by atoms with van der Waals surface area (Å²) in [6.07, 6.45) is 6.35. The topological polar surface area (TPSA) is 84.9 Å². The van der Waals surface area contributed by atoms with Gasteiger partial charge in [-0.1, -0.05) is 79.2 Å². The average molecular weight is 586 g/mol. The first-order valence-electron chi connectivity index (χ1n) is 14.1. The van der Waals surface area contributed by atoms with E-state index in [0.29, 0.717) is 49.6 Å². The molecule has 40 heavy (non-hydrogen) atoms. The lowest BCUT2D eigenvalue weighted by molar-refractivity contribution is -0.130. The van der Waals surface area contributed by atoms with Crippen LogP contribution in [0.3, 0.4) is 0 Å². The summed E-state index contributed by atoms with van der Waals surface area (Å²) in [6.45, 7) is 10.8. The number of hydrogen-bond acceptors (Lipinski definition) is 7. The van der Waals surface area contributed by atoms with Gasteiger partial charge < -0.3 is 20.0 Å². The van der Waals surface area contributed by atoms with Gasteiger partial charge in [0.15, 0.2) is 5.16 Å². The third kappa shape index (κ3) is 8.84. The number of urea groups is 1. The summed E-state index contributed by atoms with van der Waals surface area (Å²) in [5.74, 6) is 1.09. The molecular formula is C29H40ClN7O2S. The van der Waals surface area contributed by atoms with Gasteiger partial charge >= 0.3 is 6.03 Å². The number of amides is 3. The number of aromatic nitrogens is 2. The number of halogens is 1. The highest BCUT2D eigenvalue weighted by molar-refractivity contribution is 7.99. The molecule has 3 heterocycles. The zero-order chi connectivity index (χ0) is 28.3. The van der Waals surface area contributed by atoms with Crippen molar-refractivity contribution in [2.45, 2.75) is 37.9 Å². The lowest BCUT2D eigenvalue weighted by Crippen LogP contribution is -2.56. The van der Waals surface area contributed by atoms with E-state index in [1.54, 1.807) is 6.07 Å². The molecule has 9 nitrogen and oxygen atoms in total. The number of anilines is 1. The minimum Gasteiger partial charge on any atom is -0.353 e. The molecule has 2 saturated heterocycles. The fourth-order valence-electron chi connectivity index (χ4n) is 4.85. The van der Waals surface area contributed by atoms with Gasteiger partial charge in [-0.25, -0.2) is 14.8 Å². The Labute approximate surface area is 246 Å². The van der Waals surface area contributed by atoms with Crippen LogP contribution in [0.5, 0.6) is 0 Å². The molecule has 3 amide bonds. The van der Waals surface area contributed by atoms with Gasteiger partial charge in [0.1, 0.15) is 11.0 Å². The molecule has 2 aliphatic heterocycles. The quantitative estimate of drug-likeness (QED) is 0.194. The van der Waals surface area contributed by atoms with Crippen molar-refractivity contribution in [3.05, 3.63) is 53.2 Å². The van der Waals surface area contributed by atoms with E-state index in [1.165, 1.54) is 17.3 Å². The molecule has 1 aromatic heterocycles. The molecule has 216 valence electrons. The van der Waals surface area contributed by atoms with Gasteiger partial charge in [-0.15, -0.1) is 0 Å². The molecule has 1 atom stereocenters. The highest BCUT2D eigenvalue weighted by atomic mass is 35.5. The van der Waals surface area contributed by atoms with Crippen LogP contribution < -0.4 is 10.2 Å². The predicted molar refractivity (Wildman–Crippen MR) is 163 cm³/mol. The van der Waals surface area contributed by atoms with Crippen LogP contribution in [0.2, 0.25) is 5.15 Å². The molecule has 0 saturated carbocycles. The molecule has 0 bridgehead atoms. The first-order valence-corrected chi connectivity index (χ1v) is 15.5. The van der Waals surface area contributed by atoms with E-state index in [9.17, 15) is 9.59 Å². The van der Waals surface area contributed by atoms with Crippen molar-refractivity contribution in [2.24, 2.45) is 0 Å². The Hall–Kier alpha value is -2.82. The van der Waals surface area contributed by atoms with Crippen molar-refractivity contribution in [1.29, 1.82) is 0 Å². The first kappa shape index (κ1) is 30.1. The number of benzene rings is 1. The number of unbranched alkanes of at least 4 members (excludes halogenated alkanes) is 1. The number of nitrogens with zero attached hydrogens (tertiary/aromatic N) is 6. The number of nitrogens with one attached hydrogen (secondary N) is 1. The standard InChI is InChI=1S/C29H40ClN7O2S/c1-3-4-12-31-29(39)37-19-18-36(21-23(37)2)26-20-25(30)32-28(33-26)40-22-27(38)35-16-14-34(15-17-35)13-8-11-24-9-6-5-7-10-24/h5-11,20,23H,3-4,12-19,21-22H2,1-2H3,(H,31,39)/b11-8+. The molecule has 4 rings (SSSR count). The maximum atomic E-state index is 12.9. The Balaban J connectivity index is 1.22. The van der Waals surface area contributed by atoms with Crippen molar-refractivity contribution in [3.8, 4) is 0 Å². The summed E-state index contributed by atoms with van der Waals surface area (Å²) in [6, 6.07) is 12.1. The minimum absolute atomic E-state index is 0.0134. The van der Waals surface area contributed by atoms with Crippen LogP contribution in [0.1, 0.15) is 32.3 Å². The van der Waals surface area contributed by atoms with E-state index < -0.39 is 0 Å². The van der Waals surface area contributed by atoms with Gasteiger partial charge in [0.25, 0.3) is 0 Å². The zero-order valence-corrected chi connectivity index (χ0v) is 25.0. The number of thioether (sulfide) groups is 1. The third-order valence-electron chi connectivity index (χ3n) is 7.20. The van der Waals surface area contributed by atoms with Gasteiger partial charge in [-0.05, 0) is 18.9 Å². The Morgan fingerprint density at radius 1 is 1.10 bits per heavy atom. The van der Waals surface area contributed by atoms with Gasteiger partial charge in [0.05, 0.1) is 5.75 Å². The van der Waals surface area contributed by atoms with Crippen LogP contribution in [0.4, 0.5) is 10.6 Å². The molecule has 0 aliphatic carbocycles. The van der Waals surface area contributed by atoms with Gasteiger partial charge in [0.2, 0.25) is 5.91 Å². The molecule has 1 N–H and O–H groups in total. The van der Waals surface area contributed by atoms with Crippen LogP contribution in [0.25, 0.3) is 6.08 Å². The van der Waals surface area contributed by atoms with Crippen LogP contribution in [-0.2, 0) is 4.79 Å². The molecule has 2 aliphatic rings. The molecule has 2 aromatic rings. The number of rotatable bonds is 10. The second-order valence-electron chi connectivity index (χ2n) is 10.2. The minimum atomic E-state index is -0.0134. The summed E-state index contributed by atoms with van der Waals surface area (Å²) in [7, 11) is 0. The molecule has 1 aromatic carbocycles. The lowest BCUT2D eigenvalue weighted by Gasteiger charge is -2.40. The second-order valence-corrected chi connectivity index (χ2v) is 11.5. The fraction of sp³-hybridized carbons (Fsp3) is 0.517. The number of carbonyl (C=O) groups excluding carboxylic acids is 2. The highest BCUT2D eigenvalue weighted by Gasteiger charge is 2.28. The van der Waals surface area contributed by atoms with Crippen molar-refractivity contribution in [3.63, 3.8) is 0 Å². The summed E-state index contributed by atoms with van der Waals surface area (Å²) in [4.78, 5) is 42.8. The van der Waals surface area contributed by atoms with Crippen LogP contribution in [0.15, 0.2) is 47.6 Å². The van der Waals surface area contributed by atoms with Crippen LogP contribution in [0, 0.1) is 0 Å². The van der Waals surface area contributed by atoms with Crippen LogP contribution >= 0.6 is 23.4 Å². The highest BCUT2D eigenvalue weighted by Crippen LogP contribution is 2.24. The molecule has 2 fully saturated rings. The second kappa shape index (κ2) is 15.3. The Bertz CT molecular complexity index is 1140. The number of carbonyl (C=O) groups is 2. The third-order valence-corrected chi connectivity index (χ3v) is 8.23. The number of hydrogen-bond donors (Lipinski definition) is 1. The van der Waals surface area contributed by atoms with Gasteiger partial charge in [-0.3, -0.25) is 9.69 Å². The summed E-state index contributed by atoms with van der Waals surface area (Å²) >= 11 is 7.66. The lowest BCUT2D eigenvalue weighted by atomic mass is 10.2. The predicted octanol–water partition coefficient (Wildman–Crippen LogP) is 4.10. The van der Waals surface area contributed by atoms with E-state index in [0.717, 1.165) is 38.3 Å². The molecule has 1 unspecified atom stereocenters. The van der Waals surface area contributed by atoms with Crippen LogP contribution in [-0.4, -0.2) is 107 Å². The van der Waals surface area contributed by atoms with Gasteiger partial charge in [0, 0.05) is 71.0 Å². The zero-order valence-electron chi connectivity index (χ0n) is 23.5. The van der Waals surface area contributed by atoms with E-state index in [1.807, 2.05) is 34.9 Å². The summed E-state index contributed by atoms with van der Waals surface area (Å²) in [5, 5.41) is 3.85. The molecular weight excluding hydrogens is 546 g/mol. The largest absolute Gasteiger partial charge is 0.353 e. The molecule has 11 heteroatoms. The van der Waals surface area contributed by atoms with Gasteiger partial charge in [-0.2, -0.15) is 0 Å². The maximum Gasteiger partial charge on any atom is 0.317 e. The monoisotopic (exact) mass is 585 g/mol. The summed E-state index contributed by atoms with van der Waals surface area (Å²) < 4.78 is 0. The summed E-state index contributed by atoms with van der Waals surface area (Å²) in [5.41, 5.74) is 1.20. The van der Waals surface area contributed by atoms with Crippen molar-refractivity contribution >= 4 is 47.2 Å². The Morgan fingerprint density at radius 3 is 2.60 bits per heavy atom. The number of piperazine rings is 2. The maximum absolute atomic E-state index is 12.9. The Morgan fingerprint density at radius 2 is 1.88 bits per heavy atom. The van der Waals surface area contributed by atoms with Crippen molar-refractivity contribution in [2.75, 3.05) is 69.6 Å². The van der Waals surface area contributed by atoms with Crippen molar-refractivity contribution < 1.29 is 9.59 Å². The smallest absolute Gasteiger partial charge is 0.317 e. The van der Waals surface area contributed by atoms with E-state index in [2.05, 4.69) is 51.3 Å². The van der Waals surface area contributed by atoms with Crippen molar-refractivity contribution in [1.82, 2.24) is 30.0 Å². The first-order chi connectivity index (χ1) is 19.4. The SMILES string of the molecule is CCCCNC(=O)N1CCN(c2cc(Cl)nc(SCC(=O)N3CCN(C/C=C/c4ccccc4)CC3)n2)CC1C. The van der Waals surface area contributed by atoms with E-state index in [-0.39, 0.29) is 23.7 Å². The Kier molecular flexibility index (Phi) is 11.5. The normalized spacial score (nSPS) is 18.4. The van der Waals surface area contributed by atoms with E-state index >= 15 is 0 Å².